The van der Waals surface area contributed by atoms with Crippen molar-refractivity contribution in [3.63, 3.8) is 0 Å². The van der Waals surface area contributed by atoms with Crippen molar-refractivity contribution in [2.24, 2.45) is 0 Å². The predicted octanol–water partition coefficient (Wildman–Crippen LogP) is 1.87. The number of hydrogen-bond donors (Lipinski definition) is 2. The monoisotopic (exact) mass is 226 g/mol. The summed E-state index contributed by atoms with van der Waals surface area (Å²) in [7, 11) is 0. The van der Waals surface area contributed by atoms with E-state index < -0.39 is 0 Å². The summed E-state index contributed by atoms with van der Waals surface area (Å²) in [6, 6.07) is 3.73. The molecule has 0 aliphatic rings. The molecule has 0 aliphatic carbocycles. The molecule has 0 aromatic carbocycles. The Balaban J connectivity index is 2.03. The van der Waals surface area contributed by atoms with E-state index in [1.54, 1.807) is 0 Å². The van der Waals surface area contributed by atoms with Crippen LogP contribution in [0.5, 0.6) is 0 Å². The van der Waals surface area contributed by atoms with Crippen LogP contribution in [0.3, 0.4) is 0 Å². The summed E-state index contributed by atoms with van der Waals surface area (Å²) in [5, 5.41) is 8.10. The number of hydrogen-bond acceptors (Lipinski definition) is 3. The van der Waals surface area contributed by atoms with Crippen molar-refractivity contribution in [1.29, 1.82) is 0 Å². The van der Waals surface area contributed by atoms with Crippen LogP contribution in [0.1, 0.15) is 29.4 Å². The summed E-state index contributed by atoms with van der Waals surface area (Å²) < 4.78 is 0. The molecule has 1 amide bonds. The average Bonchev–Trinajstić information content (AvgIpc) is 2.76. The van der Waals surface area contributed by atoms with Gasteiger partial charge in [-0.2, -0.15) is 0 Å². The number of rotatable bonds is 7. The Morgan fingerprint density at radius 3 is 2.93 bits per heavy atom. The van der Waals surface area contributed by atoms with Gasteiger partial charge in [0, 0.05) is 6.54 Å². The lowest BCUT2D eigenvalue weighted by molar-refractivity contribution is 0.0957. The van der Waals surface area contributed by atoms with Crippen LogP contribution in [0.25, 0.3) is 0 Å². The molecule has 0 saturated heterocycles. The van der Waals surface area contributed by atoms with Crippen LogP contribution in [0.2, 0.25) is 0 Å². The van der Waals surface area contributed by atoms with Crippen LogP contribution < -0.4 is 10.6 Å². The van der Waals surface area contributed by atoms with Gasteiger partial charge in [-0.3, -0.25) is 4.79 Å². The molecule has 0 atom stereocenters. The molecule has 0 saturated carbocycles. The van der Waals surface area contributed by atoms with Gasteiger partial charge in [0.05, 0.1) is 4.88 Å². The lowest BCUT2D eigenvalue weighted by Gasteiger charge is -2.04. The van der Waals surface area contributed by atoms with Crippen molar-refractivity contribution in [3.8, 4) is 0 Å². The first-order valence-corrected chi connectivity index (χ1v) is 6.25. The standard InChI is InChI=1S/C11H18N2OS/c1-2-6-12-7-4-8-13-11(14)10-5-3-9-15-10/h3,5,9,12H,2,4,6-8H2,1H3,(H,13,14). The van der Waals surface area contributed by atoms with Gasteiger partial charge in [0.2, 0.25) is 0 Å². The van der Waals surface area contributed by atoms with Crippen LogP contribution in [-0.4, -0.2) is 25.5 Å². The number of thiophene rings is 1. The summed E-state index contributed by atoms with van der Waals surface area (Å²) in [5.41, 5.74) is 0. The minimum Gasteiger partial charge on any atom is -0.351 e. The third-order valence-electron chi connectivity index (χ3n) is 1.99. The summed E-state index contributed by atoms with van der Waals surface area (Å²) in [5.74, 6) is 0.0421. The molecule has 0 spiro atoms. The van der Waals surface area contributed by atoms with Crippen molar-refractivity contribution in [2.75, 3.05) is 19.6 Å². The van der Waals surface area contributed by atoms with E-state index in [1.165, 1.54) is 11.3 Å². The summed E-state index contributed by atoms with van der Waals surface area (Å²) in [6.45, 7) is 4.91. The molecule has 0 radical (unpaired) electrons. The fourth-order valence-corrected chi connectivity index (χ4v) is 1.85. The summed E-state index contributed by atoms with van der Waals surface area (Å²) >= 11 is 1.48. The topological polar surface area (TPSA) is 41.1 Å². The number of carbonyl (C=O) groups excluding carboxylic acids is 1. The van der Waals surface area contributed by atoms with Crippen LogP contribution in [0, 0.1) is 0 Å². The van der Waals surface area contributed by atoms with E-state index >= 15 is 0 Å². The predicted molar refractivity (Wildman–Crippen MR) is 64.4 cm³/mol. The molecular formula is C11H18N2OS. The number of amides is 1. The summed E-state index contributed by atoms with van der Waals surface area (Å²) in [4.78, 5) is 12.3. The molecule has 1 heterocycles. The molecule has 0 unspecified atom stereocenters. The second-order valence-corrected chi connectivity index (χ2v) is 4.28. The van der Waals surface area contributed by atoms with Gasteiger partial charge >= 0.3 is 0 Å². The minimum atomic E-state index is 0.0421. The quantitative estimate of drug-likeness (QED) is 0.697. The van der Waals surface area contributed by atoms with E-state index in [0.717, 1.165) is 37.4 Å². The molecule has 15 heavy (non-hydrogen) atoms. The molecule has 4 heteroatoms. The normalized spacial score (nSPS) is 10.2. The largest absolute Gasteiger partial charge is 0.351 e. The van der Waals surface area contributed by atoms with Crippen LogP contribution in [-0.2, 0) is 0 Å². The highest BCUT2D eigenvalue weighted by molar-refractivity contribution is 7.12. The van der Waals surface area contributed by atoms with Crippen LogP contribution in [0.15, 0.2) is 17.5 Å². The van der Waals surface area contributed by atoms with E-state index in [4.69, 9.17) is 0 Å². The van der Waals surface area contributed by atoms with Crippen molar-refractivity contribution in [1.82, 2.24) is 10.6 Å². The van der Waals surface area contributed by atoms with Crippen LogP contribution >= 0.6 is 11.3 Å². The molecule has 2 N–H and O–H groups in total. The van der Waals surface area contributed by atoms with Gasteiger partial charge in [0.15, 0.2) is 0 Å². The molecule has 0 fully saturated rings. The molecule has 1 aromatic rings. The Kier molecular flexibility index (Phi) is 6.04. The first-order chi connectivity index (χ1) is 7.34. The van der Waals surface area contributed by atoms with E-state index in [-0.39, 0.29) is 5.91 Å². The Bertz CT molecular complexity index is 272. The number of carbonyl (C=O) groups is 1. The smallest absolute Gasteiger partial charge is 0.261 e. The zero-order chi connectivity index (χ0) is 10.9. The molecule has 1 rings (SSSR count). The Labute approximate surface area is 94.9 Å². The Morgan fingerprint density at radius 1 is 1.40 bits per heavy atom. The van der Waals surface area contributed by atoms with E-state index in [0.29, 0.717) is 0 Å². The first kappa shape index (κ1) is 12.2. The fraction of sp³-hybridized carbons (Fsp3) is 0.545. The summed E-state index contributed by atoms with van der Waals surface area (Å²) in [6.07, 6.45) is 2.14. The van der Waals surface area contributed by atoms with Gasteiger partial charge in [-0.15, -0.1) is 11.3 Å². The molecule has 0 aliphatic heterocycles. The molecular weight excluding hydrogens is 208 g/mol. The molecule has 3 nitrogen and oxygen atoms in total. The second-order valence-electron chi connectivity index (χ2n) is 3.34. The average molecular weight is 226 g/mol. The fourth-order valence-electron chi connectivity index (χ4n) is 1.21. The Morgan fingerprint density at radius 2 is 2.27 bits per heavy atom. The lowest BCUT2D eigenvalue weighted by atomic mass is 10.3. The number of nitrogens with one attached hydrogen (secondary N) is 2. The van der Waals surface area contributed by atoms with E-state index in [1.807, 2.05) is 17.5 Å². The van der Waals surface area contributed by atoms with Gasteiger partial charge < -0.3 is 10.6 Å². The highest BCUT2D eigenvalue weighted by Crippen LogP contribution is 2.07. The first-order valence-electron chi connectivity index (χ1n) is 5.37. The third-order valence-corrected chi connectivity index (χ3v) is 2.86. The lowest BCUT2D eigenvalue weighted by Crippen LogP contribution is -2.26. The minimum absolute atomic E-state index is 0.0421. The van der Waals surface area contributed by atoms with Crippen LogP contribution in [0.4, 0.5) is 0 Å². The molecule has 0 bridgehead atoms. The highest BCUT2D eigenvalue weighted by atomic mass is 32.1. The zero-order valence-corrected chi connectivity index (χ0v) is 9.90. The van der Waals surface area contributed by atoms with Crippen molar-refractivity contribution < 1.29 is 4.79 Å². The third kappa shape index (κ3) is 4.95. The van der Waals surface area contributed by atoms with Gasteiger partial charge in [0.1, 0.15) is 0 Å². The second kappa shape index (κ2) is 7.43. The van der Waals surface area contributed by atoms with E-state index in [9.17, 15) is 4.79 Å². The zero-order valence-electron chi connectivity index (χ0n) is 9.08. The van der Waals surface area contributed by atoms with E-state index in [2.05, 4.69) is 17.6 Å². The van der Waals surface area contributed by atoms with Crippen molar-refractivity contribution in [3.05, 3.63) is 22.4 Å². The van der Waals surface area contributed by atoms with Gasteiger partial charge in [-0.1, -0.05) is 13.0 Å². The maximum Gasteiger partial charge on any atom is 0.261 e. The maximum atomic E-state index is 11.5. The molecule has 84 valence electrons. The van der Waals surface area contributed by atoms with Gasteiger partial charge in [0.25, 0.3) is 5.91 Å². The maximum absolute atomic E-state index is 11.5. The van der Waals surface area contributed by atoms with Crippen molar-refractivity contribution in [2.45, 2.75) is 19.8 Å². The highest BCUT2D eigenvalue weighted by Gasteiger charge is 2.03. The Hall–Kier alpha value is -0.870. The van der Waals surface area contributed by atoms with Gasteiger partial charge in [-0.25, -0.2) is 0 Å². The SMILES string of the molecule is CCCNCCCNC(=O)c1cccs1. The van der Waals surface area contributed by atoms with Crippen molar-refractivity contribution >= 4 is 17.2 Å². The molecule has 1 aromatic heterocycles. The van der Waals surface area contributed by atoms with Gasteiger partial charge in [-0.05, 0) is 37.4 Å².